The number of nitrogens with zero attached hydrogens (tertiary/aromatic N) is 2. The van der Waals surface area contributed by atoms with Gasteiger partial charge in [0.25, 0.3) is 11.4 Å². The van der Waals surface area contributed by atoms with Gasteiger partial charge in [-0.3, -0.25) is 20.2 Å². The van der Waals surface area contributed by atoms with Gasteiger partial charge in [0.15, 0.2) is 0 Å². The second kappa shape index (κ2) is 6.90. The lowest BCUT2D eigenvalue weighted by Gasteiger charge is -2.23. The smallest absolute Gasteiger partial charge is 0.336 e. The number of benzene rings is 1. The summed E-state index contributed by atoms with van der Waals surface area (Å²) in [6.07, 6.45) is 1.34. The van der Waals surface area contributed by atoms with Crippen LogP contribution in [0.1, 0.15) is 25.3 Å². The van der Waals surface area contributed by atoms with Gasteiger partial charge in [-0.05, 0) is 19.4 Å². The van der Waals surface area contributed by atoms with Crippen LogP contribution in [0.4, 0.5) is 5.69 Å². The quantitative estimate of drug-likeness (QED) is 0.497. The van der Waals surface area contributed by atoms with Crippen LogP contribution in [0.3, 0.4) is 0 Å². The summed E-state index contributed by atoms with van der Waals surface area (Å²) in [6, 6.07) is 5.43. The Balaban J connectivity index is 2.60. The number of rotatable bonds is 5. The number of non-ortho nitro benzene ring substituents is 1. The number of carbonyl (C=O) groups is 1. The van der Waals surface area contributed by atoms with Crippen LogP contribution in [-0.2, 0) is 9.53 Å². The van der Waals surface area contributed by atoms with Crippen molar-refractivity contribution in [3.63, 3.8) is 0 Å². The van der Waals surface area contributed by atoms with Gasteiger partial charge in [0.05, 0.1) is 27.7 Å². The molecular formula is C15H15N3O6. The molecule has 1 N–H and O–H groups in total. The fourth-order valence-corrected chi connectivity index (χ4v) is 2.50. The zero-order valence-corrected chi connectivity index (χ0v) is 13.0. The van der Waals surface area contributed by atoms with Crippen molar-refractivity contribution in [2.75, 3.05) is 6.61 Å². The zero-order valence-electron chi connectivity index (χ0n) is 13.0. The molecule has 9 heteroatoms. The van der Waals surface area contributed by atoms with E-state index in [1.54, 1.807) is 6.92 Å². The number of hydrogen-bond acceptors (Lipinski definition) is 7. The van der Waals surface area contributed by atoms with E-state index >= 15 is 0 Å². The lowest BCUT2D eigenvalue weighted by atomic mass is 9.86. The van der Waals surface area contributed by atoms with E-state index in [1.165, 1.54) is 37.4 Å². The Morgan fingerprint density at radius 2 is 2.00 bits per heavy atom. The summed E-state index contributed by atoms with van der Waals surface area (Å²) >= 11 is 0. The van der Waals surface area contributed by atoms with Crippen LogP contribution in [-0.4, -0.2) is 22.4 Å². The molecule has 0 radical (unpaired) electrons. The highest BCUT2D eigenvalue weighted by Gasteiger charge is 2.39. The fourth-order valence-electron chi connectivity index (χ4n) is 2.50. The SMILES string of the molecule is CCOC(=O)C1=CNC(C)=C([N+](=O)[O-])C1c1cccc([N+](=O)[O-])c1. The summed E-state index contributed by atoms with van der Waals surface area (Å²) in [7, 11) is 0. The molecular weight excluding hydrogens is 318 g/mol. The highest BCUT2D eigenvalue weighted by Crippen LogP contribution is 2.37. The number of ether oxygens (including phenoxy) is 1. The molecule has 0 fully saturated rings. The third-order valence-electron chi connectivity index (χ3n) is 3.54. The number of nitro groups is 2. The van der Waals surface area contributed by atoms with Crippen molar-refractivity contribution in [1.29, 1.82) is 0 Å². The second-order valence-corrected chi connectivity index (χ2v) is 5.02. The maximum Gasteiger partial charge on any atom is 0.336 e. The van der Waals surface area contributed by atoms with Crippen LogP contribution < -0.4 is 5.32 Å². The van der Waals surface area contributed by atoms with Crippen molar-refractivity contribution in [3.05, 3.63) is 73.2 Å². The van der Waals surface area contributed by atoms with Crippen molar-refractivity contribution in [3.8, 4) is 0 Å². The molecule has 1 aliphatic heterocycles. The Morgan fingerprint density at radius 3 is 2.58 bits per heavy atom. The van der Waals surface area contributed by atoms with Crippen LogP contribution >= 0.6 is 0 Å². The molecule has 126 valence electrons. The first-order valence-corrected chi connectivity index (χ1v) is 7.10. The molecule has 0 bridgehead atoms. The number of nitro benzene ring substituents is 1. The summed E-state index contributed by atoms with van der Waals surface area (Å²) in [5.74, 6) is -1.77. The summed E-state index contributed by atoms with van der Waals surface area (Å²) in [5.41, 5.74) is 0.0888. The predicted octanol–water partition coefficient (Wildman–Crippen LogP) is 2.24. The van der Waals surface area contributed by atoms with E-state index in [0.29, 0.717) is 0 Å². The molecule has 0 saturated heterocycles. The van der Waals surface area contributed by atoms with Gasteiger partial charge >= 0.3 is 5.97 Å². The Kier molecular flexibility index (Phi) is 4.93. The van der Waals surface area contributed by atoms with E-state index < -0.39 is 21.7 Å². The minimum Gasteiger partial charge on any atom is -0.463 e. The van der Waals surface area contributed by atoms with Crippen molar-refractivity contribution >= 4 is 11.7 Å². The predicted molar refractivity (Wildman–Crippen MR) is 83.4 cm³/mol. The van der Waals surface area contributed by atoms with Crippen LogP contribution in [0.2, 0.25) is 0 Å². The third kappa shape index (κ3) is 3.24. The Morgan fingerprint density at radius 1 is 1.29 bits per heavy atom. The molecule has 0 spiro atoms. The number of carbonyl (C=O) groups excluding carboxylic acids is 1. The summed E-state index contributed by atoms with van der Waals surface area (Å²) in [5, 5.41) is 25.1. The number of dihydropyridines is 1. The van der Waals surface area contributed by atoms with Crippen LogP contribution in [0, 0.1) is 20.2 Å². The van der Waals surface area contributed by atoms with E-state index in [1.807, 2.05) is 0 Å². The summed E-state index contributed by atoms with van der Waals surface area (Å²) in [6.45, 7) is 3.22. The van der Waals surface area contributed by atoms with Gasteiger partial charge in [0.1, 0.15) is 5.92 Å². The van der Waals surface area contributed by atoms with Gasteiger partial charge in [-0.15, -0.1) is 0 Å². The molecule has 0 aromatic heterocycles. The Bertz CT molecular complexity index is 768. The number of esters is 1. The molecule has 0 aliphatic carbocycles. The third-order valence-corrected chi connectivity index (χ3v) is 3.54. The molecule has 0 amide bonds. The standard InChI is InChI=1S/C15H15N3O6/c1-3-24-15(19)12-8-16-9(2)14(18(22)23)13(12)10-5-4-6-11(7-10)17(20)21/h4-8,13,16H,3H2,1-2H3. The first-order chi connectivity index (χ1) is 11.4. The highest BCUT2D eigenvalue weighted by atomic mass is 16.6. The normalized spacial score (nSPS) is 16.9. The van der Waals surface area contributed by atoms with Crippen molar-refractivity contribution in [2.45, 2.75) is 19.8 Å². The first kappa shape index (κ1) is 17.1. The van der Waals surface area contributed by atoms with E-state index in [9.17, 15) is 25.0 Å². The van der Waals surface area contributed by atoms with Gasteiger partial charge in [0, 0.05) is 18.3 Å². The molecule has 1 atom stereocenters. The minimum absolute atomic E-state index is 0.0228. The van der Waals surface area contributed by atoms with E-state index in [2.05, 4.69) is 5.32 Å². The van der Waals surface area contributed by atoms with Gasteiger partial charge in [-0.1, -0.05) is 12.1 Å². The highest BCUT2D eigenvalue weighted by molar-refractivity contribution is 5.91. The van der Waals surface area contributed by atoms with Crippen molar-refractivity contribution in [2.24, 2.45) is 0 Å². The number of allylic oxidation sites excluding steroid dienone is 2. The van der Waals surface area contributed by atoms with Gasteiger partial charge in [0.2, 0.25) is 0 Å². The molecule has 9 nitrogen and oxygen atoms in total. The lowest BCUT2D eigenvalue weighted by Crippen LogP contribution is -2.28. The average molecular weight is 333 g/mol. The molecule has 0 saturated carbocycles. The maximum absolute atomic E-state index is 12.2. The first-order valence-electron chi connectivity index (χ1n) is 7.10. The molecule has 1 heterocycles. The summed E-state index contributed by atoms with van der Waals surface area (Å²) in [4.78, 5) is 33.4. The van der Waals surface area contributed by atoms with Crippen LogP contribution in [0.5, 0.6) is 0 Å². The number of hydrogen-bond donors (Lipinski definition) is 1. The van der Waals surface area contributed by atoms with Crippen molar-refractivity contribution < 1.29 is 19.4 Å². The Labute approximate surface area is 136 Å². The van der Waals surface area contributed by atoms with Gasteiger partial charge in [-0.25, -0.2) is 4.79 Å². The summed E-state index contributed by atoms with van der Waals surface area (Å²) < 4.78 is 4.95. The zero-order chi connectivity index (χ0) is 17.9. The average Bonchev–Trinajstić information content (AvgIpc) is 2.54. The number of nitrogens with one attached hydrogen (secondary N) is 1. The topological polar surface area (TPSA) is 125 Å². The lowest BCUT2D eigenvalue weighted by molar-refractivity contribution is -0.431. The fraction of sp³-hybridized carbons (Fsp3) is 0.267. The van der Waals surface area contributed by atoms with Crippen LogP contribution in [0.25, 0.3) is 0 Å². The molecule has 1 aromatic carbocycles. The minimum atomic E-state index is -1.06. The molecule has 2 rings (SSSR count). The van der Waals surface area contributed by atoms with E-state index in [4.69, 9.17) is 4.74 Å². The molecule has 24 heavy (non-hydrogen) atoms. The largest absolute Gasteiger partial charge is 0.463 e. The van der Waals surface area contributed by atoms with Crippen LogP contribution in [0.15, 0.2) is 47.4 Å². The maximum atomic E-state index is 12.2. The van der Waals surface area contributed by atoms with E-state index in [0.717, 1.165) is 0 Å². The van der Waals surface area contributed by atoms with Gasteiger partial charge < -0.3 is 10.1 Å². The van der Waals surface area contributed by atoms with E-state index in [-0.39, 0.29) is 34.8 Å². The van der Waals surface area contributed by atoms with Gasteiger partial charge in [-0.2, -0.15) is 0 Å². The molecule has 1 unspecified atom stereocenters. The van der Waals surface area contributed by atoms with Crippen molar-refractivity contribution in [1.82, 2.24) is 5.32 Å². The molecule has 1 aliphatic rings. The monoisotopic (exact) mass is 333 g/mol. The second-order valence-electron chi connectivity index (χ2n) is 5.02. The Hall–Kier alpha value is -3.23. The molecule has 1 aromatic rings.